The molecule has 0 N–H and O–H groups in total. The van der Waals surface area contributed by atoms with Crippen LogP contribution in [0.1, 0.15) is 27.7 Å². The van der Waals surface area contributed by atoms with E-state index in [1.807, 2.05) is 27.7 Å². The molecule has 1 aliphatic heterocycles. The highest BCUT2D eigenvalue weighted by Crippen LogP contribution is 2.14. The summed E-state index contributed by atoms with van der Waals surface area (Å²) in [6.07, 6.45) is -0.461. The van der Waals surface area contributed by atoms with Crippen molar-refractivity contribution in [2.24, 2.45) is 5.16 Å². The van der Waals surface area contributed by atoms with E-state index in [0.717, 1.165) is 0 Å². The molecule has 0 aromatic rings. The summed E-state index contributed by atoms with van der Waals surface area (Å²) in [6, 6.07) is 0.104. The summed E-state index contributed by atoms with van der Waals surface area (Å²) in [5.74, 6) is 0.395. The Morgan fingerprint density at radius 2 is 1.95 bits per heavy atom. The van der Waals surface area contributed by atoms with Gasteiger partial charge in [-0.1, -0.05) is 16.9 Å². The average molecular weight is 287 g/mol. The lowest BCUT2D eigenvalue weighted by molar-refractivity contribution is -0.126. The molecule has 0 bridgehead atoms. The van der Waals surface area contributed by atoms with Crippen LogP contribution in [0, 0.1) is 0 Å². The highest BCUT2D eigenvalue weighted by atomic mass is 32.2. The van der Waals surface area contributed by atoms with E-state index in [2.05, 4.69) is 5.16 Å². The summed E-state index contributed by atoms with van der Waals surface area (Å²) in [4.78, 5) is 31.4. The molecule has 19 heavy (non-hydrogen) atoms. The van der Waals surface area contributed by atoms with Crippen LogP contribution in [0.5, 0.6) is 0 Å². The number of hydrogen-bond donors (Lipinski definition) is 0. The largest absolute Gasteiger partial charge is 0.436 e. The summed E-state index contributed by atoms with van der Waals surface area (Å²) in [6.45, 7) is 8.10. The van der Waals surface area contributed by atoms with Crippen molar-refractivity contribution in [3.63, 3.8) is 0 Å². The molecule has 0 aromatic heterocycles. The fourth-order valence-corrected chi connectivity index (χ4v) is 2.69. The zero-order valence-electron chi connectivity index (χ0n) is 12.0. The summed E-state index contributed by atoms with van der Waals surface area (Å²) in [5.41, 5.74) is 0. The fourth-order valence-electron chi connectivity index (χ4n) is 1.80. The van der Waals surface area contributed by atoms with Crippen LogP contribution in [-0.2, 0) is 9.63 Å². The van der Waals surface area contributed by atoms with Gasteiger partial charge in [0.25, 0.3) is 0 Å². The van der Waals surface area contributed by atoms with Gasteiger partial charge in [-0.2, -0.15) is 0 Å². The van der Waals surface area contributed by atoms with Crippen LogP contribution in [0.3, 0.4) is 0 Å². The Kier molecular flexibility index (Phi) is 5.65. The van der Waals surface area contributed by atoms with Crippen LogP contribution in [0.25, 0.3) is 0 Å². The maximum Gasteiger partial charge on any atom is 0.436 e. The average Bonchev–Trinajstić information content (AvgIpc) is 2.29. The first kappa shape index (κ1) is 15.8. The van der Waals surface area contributed by atoms with E-state index in [9.17, 15) is 9.59 Å². The van der Waals surface area contributed by atoms with Crippen molar-refractivity contribution in [1.29, 1.82) is 0 Å². The second-order valence-corrected chi connectivity index (χ2v) is 6.02. The molecule has 6 nitrogen and oxygen atoms in total. The highest BCUT2D eigenvalue weighted by Gasteiger charge is 2.24. The lowest BCUT2D eigenvalue weighted by Gasteiger charge is -2.28. The molecule has 108 valence electrons. The number of hydrogen-bond acceptors (Lipinski definition) is 5. The summed E-state index contributed by atoms with van der Waals surface area (Å²) >= 11 is 1.31. The van der Waals surface area contributed by atoms with Crippen molar-refractivity contribution in [1.82, 2.24) is 9.80 Å². The van der Waals surface area contributed by atoms with Gasteiger partial charge in [-0.05, 0) is 27.7 Å². The van der Waals surface area contributed by atoms with Crippen LogP contribution in [0.15, 0.2) is 5.16 Å². The quantitative estimate of drug-likeness (QED) is 0.586. The lowest BCUT2D eigenvalue weighted by atomic mass is 10.2. The molecular weight excluding hydrogens is 266 g/mol. The zero-order chi connectivity index (χ0) is 14.6. The topological polar surface area (TPSA) is 62.2 Å². The van der Waals surface area contributed by atoms with E-state index in [1.165, 1.54) is 11.8 Å². The number of carbonyl (C=O) groups excluding carboxylic acids is 2. The maximum absolute atomic E-state index is 11.9. The number of amides is 2. The van der Waals surface area contributed by atoms with Gasteiger partial charge in [-0.3, -0.25) is 9.63 Å². The molecule has 0 unspecified atom stereocenters. The van der Waals surface area contributed by atoms with Crippen LogP contribution in [0.4, 0.5) is 4.79 Å². The Labute approximate surface area is 118 Å². The Hall–Kier alpha value is -1.24. The molecule has 0 atom stereocenters. The van der Waals surface area contributed by atoms with Gasteiger partial charge < -0.3 is 9.80 Å². The fraction of sp³-hybridized carbons (Fsp3) is 0.750. The molecule has 1 rings (SSSR count). The van der Waals surface area contributed by atoms with Gasteiger partial charge in [0.1, 0.15) is 5.04 Å². The van der Waals surface area contributed by atoms with E-state index in [1.54, 1.807) is 16.8 Å². The zero-order valence-corrected chi connectivity index (χ0v) is 12.9. The minimum absolute atomic E-state index is 0.0518. The lowest BCUT2D eigenvalue weighted by Crippen LogP contribution is -2.42. The van der Waals surface area contributed by atoms with E-state index >= 15 is 0 Å². The Bertz CT molecular complexity index is 374. The molecule has 2 amide bonds. The summed E-state index contributed by atoms with van der Waals surface area (Å²) < 4.78 is 0. The minimum atomic E-state index is -0.461. The number of oxime groups is 1. The normalized spacial score (nSPS) is 18.4. The van der Waals surface area contributed by atoms with Crippen LogP contribution in [0.2, 0.25) is 0 Å². The highest BCUT2D eigenvalue weighted by molar-refractivity contribution is 8.14. The second-order valence-electron chi connectivity index (χ2n) is 4.98. The molecule has 0 aromatic carbocycles. The minimum Gasteiger partial charge on any atom is -0.338 e. The van der Waals surface area contributed by atoms with Crippen molar-refractivity contribution >= 4 is 28.8 Å². The first-order valence-corrected chi connectivity index (χ1v) is 7.24. The summed E-state index contributed by atoms with van der Waals surface area (Å²) in [7, 11) is 1.70. The molecule has 1 fully saturated rings. The predicted octanol–water partition coefficient (Wildman–Crippen LogP) is 1.76. The van der Waals surface area contributed by atoms with Gasteiger partial charge in [-0.25, -0.2) is 4.79 Å². The Morgan fingerprint density at radius 3 is 2.42 bits per heavy atom. The molecule has 0 radical (unpaired) electrons. The smallest absolute Gasteiger partial charge is 0.338 e. The van der Waals surface area contributed by atoms with Gasteiger partial charge in [0.15, 0.2) is 0 Å². The number of thioether (sulfide) groups is 1. The third-order valence-corrected chi connectivity index (χ3v) is 3.64. The van der Waals surface area contributed by atoms with Gasteiger partial charge in [0.2, 0.25) is 5.91 Å². The summed E-state index contributed by atoms with van der Waals surface area (Å²) in [5, 5.41) is 4.49. The van der Waals surface area contributed by atoms with Crippen molar-refractivity contribution < 1.29 is 14.4 Å². The molecule has 0 spiro atoms. The van der Waals surface area contributed by atoms with E-state index in [0.29, 0.717) is 17.3 Å². The third-order valence-electron chi connectivity index (χ3n) is 2.71. The Balaban J connectivity index is 2.60. The maximum atomic E-state index is 11.9. The van der Waals surface area contributed by atoms with Crippen LogP contribution < -0.4 is 0 Å². The molecule has 1 aliphatic rings. The number of carbonyl (C=O) groups is 2. The monoisotopic (exact) mass is 287 g/mol. The number of nitrogens with zero attached hydrogens (tertiary/aromatic N) is 3. The van der Waals surface area contributed by atoms with Crippen molar-refractivity contribution in [3.05, 3.63) is 0 Å². The van der Waals surface area contributed by atoms with Crippen molar-refractivity contribution in [2.45, 2.75) is 39.8 Å². The van der Waals surface area contributed by atoms with E-state index in [4.69, 9.17) is 4.84 Å². The molecular formula is C12H21N3O3S. The molecule has 0 aliphatic carbocycles. The molecule has 1 saturated heterocycles. The Morgan fingerprint density at radius 1 is 1.37 bits per heavy atom. The number of rotatable bonds is 3. The van der Waals surface area contributed by atoms with Crippen LogP contribution in [-0.4, -0.2) is 58.3 Å². The first-order valence-electron chi connectivity index (χ1n) is 6.25. The van der Waals surface area contributed by atoms with E-state index in [-0.39, 0.29) is 18.0 Å². The van der Waals surface area contributed by atoms with Crippen molar-refractivity contribution in [3.8, 4) is 0 Å². The molecule has 0 saturated carbocycles. The molecule has 7 heteroatoms. The third kappa shape index (κ3) is 4.41. The van der Waals surface area contributed by atoms with Crippen molar-refractivity contribution in [2.75, 3.05) is 19.3 Å². The SMILES string of the molecule is CC(C)N(C(=O)ON=C1CN(C)C(=O)CS1)C(C)C. The van der Waals surface area contributed by atoms with E-state index < -0.39 is 6.09 Å². The second kappa shape index (κ2) is 6.79. The van der Waals surface area contributed by atoms with Gasteiger partial charge >= 0.3 is 6.09 Å². The first-order chi connectivity index (χ1) is 8.82. The predicted molar refractivity (Wildman–Crippen MR) is 76.1 cm³/mol. The van der Waals surface area contributed by atoms with Gasteiger partial charge in [-0.15, -0.1) is 0 Å². The van der Waals surface area contributed by atoms with Crippen LogP contribution >= 0.6 is 11.8 Å². The van der Waals surface area contributed by atoms with Gasteiger partial charge in [0, 0.05) is 19.1 Å². The molecule has 1 heterocycles. The van der Waals surface area contributed by atoms with Gasteiger partial charge in [0.05, 0.1) is 12.3 Å². The standard InChI is InChI=1S/C12H21N3O3S/c1-8(2)15(9(3)4)12(17)18-13-10-6-14(5)11(16)7-19-10/h8-9H,6-7H2,1-5H3.